The molecule has 1 aromatic rings. The van der Waals surface area contributed by atoms with Crippen molar-refractivity contribution in [3.63, 3.8) is 0 Å². The Kier molecular flexibility index (Phi) is 3.31. The fourth-order valence-electron chi connectivity index (χ4n) is 3.90. The zero-order valence-electron chi connectivity index (χ0n) is 12.7. The molecule has 1 unspecified atom stereocenters. The van der Waals surface area contributed by atoms with Crippen LogP contribution in [0.25, 0.3) is 0 Å². The molecule has 4 heterocycles. The van der Waals surface area contributed by atoms with E-state index in [9.17, 15) is 9.90 Å². The number of nitrogens with zero attached hydrogens (tertiary/aromatic N) is 3. The molecule has 2 N–H and O–H groups in total. The van der Waals surface area contributed by atoms with E-state index >= 15 is 0 Å². The maximum Gasteiger partial charge on any atom is 0.249 e. The Morgan fingerprint density at radius 2 is 2.23 bits per heavy atom. The average molecular weight is 302 g/mol. The number of amides is 1. The van der Waals surface area contributed by atoms with Gasteiger partial charge in [-0.25, -0.2) is 4.98 Å². The van der Waals surface area contributed by atoms with Crippen LogP contribution in [0.15, 0.2) is 18.3 Å². The molecule has 118 valence electrons. The molecular weight excluding hydrogens is 280 g/mol. The molecule has 0 radical (unpaired) electrons. The lowest BCUT2D eigenvalue weighted by Crippen LogP contribution is -2.57. The maximum atomic E-state index is 12.9. The van der Waals surface area contributed by atoms with Crippen LogP contribution >= 0.6 is 0 Å². The molecule has 0 bridgehead atoms. The number of piperidine rings is 1. The number of nitrogens with one attached hydrogen (secondary N) is 1. The Bertz CT molecular complexity index is 585. The van der Waals surface area contributed by atoms with Crippen LogP contribution in [-0.4, -0.2) is 53.8 Å². The Labute approximate surface area is 130 Å². The largest absolute Gasteiger partial charge is 0.388 e. The number of anilines is 2. The number of hydrogen-bond donors (Lipinski definition) is 2. The number of rotatable bonds is 2. The number of aromatic nitrogens is 1. The van der Waals surface area contributed by atoms with Gasteiger partial charge in [-0.3, -0.25) is 4.79 Å². The van der Waals surface area contributed by atoms with E-state index in [0.29, 0.717) is 19.4 Å². The lowest BCUT2D eigenvalue weighted by atomic mass is 9.91. The third-order valence-electron chi connectivity index (χ3n) is 5.12. The van der Waals surface area contributed by atoms with Crippen molar-refractivity contribution in [3.8, 4) is 0 Å². The van der Waals surface area contributed by atoms with Gasteiger partial charge in [-0.2, -0.15) is 0 Å². The van der Waals surface area contributed by atoms with Gasteiger partial charge in [0.05, 0.1) is 17.8 Å². The molecular formula is C16H22N4O2. The van der Waals surface area contributed by atoms with E-state index in [1.807, 2.05) is 12.1 Å². The monoisotopic (exact) mass is 302 g/mol. The summed E-state index contributed by atoms with van der Waals surface area (Å²) < 4.78 is 0. The van der Waals surface area contributed by atoms with Crippen LogP contribution in [0.2, 0.25) is 0 Å². The molecule has 0 aromatic carbocycles. The van der Waals surface area contributed by atoms with Gasteiger partial charge in [0.2, 0.25) is 5.91 Å². The van der Waals surface area contributed by atoms with Gasteiger partial charge in [0.15, 0.2) is 5.82 Å². The van der Waals surface area contributed by atoms with Crippen LogP contribution < -0.4 is 15.1 Å². The van der Waals surface area contributed by atoms with Crippen LogP contribution in [0, 0.1) is 0 Å². The minimum Gasteiger partial charge on any atom is -0.388 e. The average Bonchev–Trinajstić information content (AvgIpc) is 3.02. The number of pyridine rings is 1. The van der Waals surface area contributed by atoms with Crippen LogP contribution in [0.5, 0.6) is 0 Å². The van der Waals surface area contributed by atoms with Crippen molar-refractivity contribution >= 4 is 17.4 Å². The van der Waals surface area contributed by atoms with Gasteiger partial charge in [0, 0.05) is 12.7 Å². The first-order valence-electron chi connectivity index (χ1n) is 8.14. The number of aliphatic hydroxyl groups is 1. The standard InChI is InChI=1S/C16H22N4O2/c21-15-13-4-2-10-19(13)14-12(3-1-7-18-14)20(15)11-16(22)5-8-17-9-6-16/h1,3,7,13,17,22H,2,4-6,8-11H2. The highest BCUT2D eigenvalue weighted by Gasteiger charge is 2.44. The SMILES string of the molecule is O=C1C2CCCN2c2ncccc2N1CC1(O)CCNCC1. The molecule has 1 aromatic heterocycles. The van der Waals surface area contributed by atoms with Crippen LogP contribution in [0.3, 0.4) is 0 Å². The summed E-state index contributed by atoms with van der Waals surface area (Å²) in [6.07, 6.45) is 5.04. The van der Waals surface area contributed by atoms with E-state index in [-0.39, 0.29) is 11.9 Å². The second kappa shape index (κ2) is 5.21. The summed E-state index contributed by atoms with van der Waals surface area (Å²) in [5.74, 6) is 1.01. The Morgan fingerprint density at radius 3 is 3.05 bits per heavy atom. The molecule has 1 atom stereocenters. The van der Waals surface area contributed by atoms with E-state index in [1.165, 1.54) is 0 Å². The van der Waals surface area contributed by atoms with Crippen molar-refractivity contribution in [2.45, 2.75) is 37.3 Å². The Morgan fingerprint density at radius 1 is 1.41 bits per heavy atom. The predicted molar refractivity (Wildman–Crippen MR) is 84.0 cm³/mol. The second-order valence-electron chi connectivity index (χ2n) is 6.60. The van der Waals surface area contributed by atoms with Crippen molar-refractivity contribution < 1.29 is 9.90 Å². The molecule has 22 heavy (non-hydrogen) atoms. The quantitative estimate of drug-likeness (QED) is 0.833. The summed E-state index contributed by atoms with van der Waals surface area (Å²) in [6, 6.07) is 3.70. The topological polar surface area (TPSA) is 68.7 Å². The molecule has 6 heteroatoms. The normalized spacial score (nSPS) is 26.8. The molecule has 0 spiro atoms. The first-order chi connectivity index (χ1) is 10.7. The van der Waals surface area contributed by atoms with Gasteiger partial charge < -0.3 is 20.2 Å². The molecule has 3 aliphatic rings. The molecule has 0 aliphatic carbocycles. The van der Waals surface area contributed by atoms with E-state index in [0.717, 1.165) is 44.0 Å². The van der Waals surface area contributed by atoms with Crippen molar-refractivity contribution in [2.24, 2.45) is 0 Å². The van der Waals surface area contributed by atoms with Gasteiger partial charge >= 0.3 is 0 Å². The summed E-state index contributed by atoms with van der Waals surface area (Å²) in [4.78, 5) is 21.3. The van der Waals surface area contributed by atoms with Crippen molar-refractivity contribution in [2.75, 3.05) is 36.0 Å². The molecule has 2 saturated heterocycles. The van der Waals surface area contributed by atoms with Gasteiger partial charge in [-0.05, 0) is 50.9 Å². The van der Waals surface area contributed by atoms with Gasteiger partial charge in [-0.15, -0.1) is 0 Å². The third-order valence-corrected chi connectivity index (χ3v) is 5.12. The zero-order valence-corrected chi connectivity index (χ0v) is 12.7. The predicted octanol–water partition coefficient (Wildman–Crippen LogP) is 0.512. The number of carbonyl (C=O) groups is 1. The minimum atomic E-state index is -0.797. The van der Waals surface area contributed by atoms with Gasteiger partial charge in [0.1, 0.15) is 6.04 Å². The third kappa shape index (κ3) is 2.18. The molecule has 4 rings (SSSR count). The number of fused-ring (bicyclic) bond motifs is 3. The summed E-state index contributed by atoms with van der Waals surface area (Å²) in [7, 11) is 0. The van der Waals surface area contributed by atoms with E-state index in [2.05, 4.69) is 15.2 Å². The van der Waals surface area contributed by atoms with E-state index < -0.39 is 5.60 Å². The van der Waals surface area contributed by atoms with Crippen molar-refractivity contribution in [1.29, 1.82) is 0 Å². The van der Waals surface area contributed by atoms with E-state index in [4.69, 9.17) is 0 Å². The van der Waals surface area contributed by atoms with Gasteiger partial charge in [-0.1, -0.05) is 0 Å². The molecule has 1 amide bonds. The van der Waals surface area contributed by atoms with Crippen molar-refractivity contribution in [3.05, 3.63) is 18.3 Å². The van der Waals surface area contributed by atoms with Crippen LogP contribution in [-0.2, 0) is 4.79 Å². The molecule has 2 fully saturated rings. The second-order valence-corrected chi connectivity index (χ2v) is 6.60. The Balaban J connectivity index is 1.69. The minimum absolute atomic E-state index is 0.104. The highest BCUT2D eigenvalue weighted by molar-refractivity contribution is 6.05. The van der Waals surface area contributed by atoms with E-state index in [1.54, 1.807) is 11.1 Å². The highest BCUT2D eigenvalue weighted by atomic mass is 16.3. The number of hydrogen-bond acceptors (Lipinski definition) is 5. The zero-order chi connectivity index (χ0) is 15.2. The first-order valence-corrected chi connectivity index (χ1v) is 8.14. The Hall–Kier alpha value is -1.66. The summed E-state index contributed by atoms with van der Waals surface area (Å²) in [6.45, 7) is 2.86. The fraction of sp³-hybridized carbons (Fsp3) is 0.625. The molecule has 6 nitrogen and oxygen atoms in total. The summed E-state index contributed by atoms with van der Waals surface area (Å²) in [5.41, 5.74) is 0.0482. The van der Waals surface area contributed by atoms with Crippen LogP contribution in [0.4, 0.5) is 11.5 Å². The highest BCUT2D eigenvalue weighted by Crippen LogP contribution is 2.39. The van der Waals surface area contributed by atoms with Gasteiger partial charge in [0.25, 0.3) is 0 Å². The maximum absolute atomic E-state index is 12.9. The lowest BCUT2D eigenvalue weighted by Gasteiger charge is -2.43. The smallest absolute Gasteiger partial charge is 0.249 e. The number of carbonyl (C=O) groups excluding carboxylic acids is 1. The summed E-state index contributed by atoms with van der Waals surface area (Å²) in [5, 5.41) is 14.1. The van der Waals surface area contributed by atoms with Crippen molar-refractivity contribution in [1.82, 2.24) is 10.3 Å². The summed E-state index contributed by atoms with van der Waals surface area (Å²) >= 11 is 0. The van der Waals surface area contributed by atoms with Crippen LogP contribution in [0.1, 0.15) is 25.7 Å². The fourth-order valence-corrected chi connectivity index (χ4v) is 3.90. The molecule has 0 saturated carbocycles. The lowest BCUT2D eigenvalue weighted by molar-refractivity contribution is -0.121. The molecule has 3 aliphatic heterocycles. The first kappa shape index (κ1) is 14.0. The number of β-amino-alcohol motifs (C(OH)–C–C–N with tert-alkyl or cyclic N) is 1.